The summed E-state index contributed by atoms with van der Waals surface area (Å²) in [6, 6.07) is 12.2. The molecule has 1 fully saturated rings. The number of para-hydroxylation sites is 2. The first-order valence-corrected chi connectivity index (χ1v) is 9.17. The van der Waals surface area contributed by atoms with Gasteiger partial charge in [-0.15, -0.1) is 0 Å². The maximum Gasteiger partial charge on any atom is 0.275 e. The third kappa shape index (κ3) is 4.38. The number of carbonyl (C=O) groups excluding carboxylic acids is 1. The van der Waals surface area contributed by atoms with Crippen LogP contribution in [0.4, 0.5) is 0 Å². The van der Waals surface area contributed by atoms with Gasteiger partial charge in [0.15, 0.2) is 18.0 Å². The van der Waals surface area contributed by atoms with Crippen LogP contribution in [0.25, 0.3) is 0 Å². The standard InChI is InChI=1S/C20H27N3O3/c1-22-12-5-7-16(22)17-8-6-13-23(17)15-20(24)21-11-14-26-19-10-4-3-9-18(19)25-2/h3-5,7,9-10,12,17H,6,8,11,13-15H2,1-2H3,(H,21,24)/p+1/t17-/m0/s1. The van der Waals surface area contributed by atoms with Crippen molar-refractivity contribution in [2.45, 2.75) is 18.9 Å². The molecule has 1 aliphatic rings. The molecule has 1 aromatic carbocycles. The second kappa shape index (κ2) is 8.76. The Balaban J connectivity index is 1.43. The normalized spacial score (nSPS) is 19.3. The Kier molecular flexibility index (Phi) is 6.17. The molecule has 2 N–H and O–H groups in total. The minimum absolute atomic E-state index is 0.0738. The number of nitrogens with zero attached hydrogens (tertiary/aromatic N) is 1. The van der Waals surface area contributed by atoms with Gasteiger partial charge in [0.05, 0.1) is 25.9 Å². The van der Waals surface area contributed by atoms with E-state index in [2.05, 4.69) is 35.3 Å². The van der Waals surface area contributed by atoms with Crippen LogP contribution in [0.3, 0.4) is 0 Å². The zero-order valence-corrected chi connectivity index (χ0v) is 15.5. The van der Waals surface area contributed by atoms with E-state index >= 15 is 0 Å². The van der Waals surface area contributed by atoms with Gasteiger partial charge in [0.2, 0.25) is 0 Å². The van der Waals surface area contributed by atoms with Crippen LogP contribution in [-0.4, -0.2) is 43.8 Å². The van der Waals surface area contributed by atoms with Gasteiger partial charge in [0, 0.05) is 26.1 Å². The van der Waals surface area contributed by atoms with Crippen molar-refractivity contribution in [1.29, 1.82) is 0 Å². The fraction of sp³-hybridized carbons (Fsp3) is 0.450. The molecule has 1 aromatic heterocycles. The van der Waals surface area contributed by atoms with Gasteiger partial charge in [-0.05, 0) is 24.3 Å². The van der Waals surface area contributed by atoms with E-state index in [0.29, 0.717) is 37.2 Å². The van der Waals surface area contributed by atoms with Crippen LogP contribution in [0.15, 0.2) is 42.6 Å². The van der Waals surface area contributed by atoms with E-state index in [1.807, 2.05) is 24.3 Å². The highest BCUT2D eigenvalue weighted by Crippen LogP contribution is 2.25. The second-order valence-electron chi connectivity index (χ2n) is 6.67. The zero-order chi connectivity index (χ0) is 18.4. The highest BCUT2D eigenvalue weighted by atomic mass is 16.5. The van der Waals surface area contributed by atoms with Crippen molar-refractivity contribution in [3.8, 4) is 11.5 Å². The molecule has 1 amide bonds. The Bertz CT molecular complexity index is 729. The molecule has 0 radical (unpaired) electrons. The van der Waals surface area contributed by atoms with Gasteiger partial charge in [-0.25, -0.2) is 0 Å². The number of quaternary nitrogens is 1. The number of hydrogen-bond donors (Lipinski definition) is 2. The third-order valence-corrected chi connectivity index (χ3v) is 4.96. The Morgan fingerprint density at radius 2 is 2.08 bits per heavy atom. The van der Waals surface area contributed by atoms with Crippen LogP contribution in [0.1, 0.15) is 24.6 Å². The van der Waals surface area contributed by atoms with E-state index in [-0.39, 0.29) is 5.91 Å². The maximum absolute atomic E-state index is 12.3. The summed E-state index contributed by atoms with van der Waals surface area (Å²) in [6.07, 6.45) is 4.37. The topological polar surface area (TPSA) is 56.9 Å². The molecule has 2 atom stereocenters. The summed E-state index contributed by atoms with van der Waals surface area (Å²) in [6.45, 7) is 2.45. The van der Waals surface area contributed by atoms with Gasteiger partial charge in [-0.1, -0.05) is 12.1 Å². The molecular formula is C20H28N3O3+. The number of likely N-dealkylation sites (tertiary alicyclic amines) is 1. The van der Waals surface area contributed by atoms with E-state index in [9.17, 15) is 4.79 Å². The van der Waals surface area contributed by atoms with Crippen molar-refractivity contribution in [1.82, 2.24) is 9.88 Å². The van der Waals surface area contributed by atoms with E-state index in [0.717, 1.165) is 19.4 Å². The molecule has 2 aromatic rings. The summed E-state index contributed by atoms with van der Waals surface area (Å²) in [4.78, 5) is 13.7. The first-order chi connectivity index (χ1) is 12.7. The van der Waals surface area contributed by atoms with Crippen molar-refractivity contribution in [3.05, 3.63) is 48.3 Å². The molecule has 1 aliphatic heterocycles. The summed E-state index contributed by atoms with van der Waals surface area (Å²) in [5, 5.41) is 2.97. The van der Waals surface area contributed by atoms with Crippen LogP contribution in [0.5, 0.6) is 11.5 Å². The SMILES string of the molecule is COc1ccccc1OCCNC(=O)C[NH+]1CCC[C@H]1c1cccn1C. The van der Waals surface area contributed by atoms with Gasteiger partial charge in [0.1, 0.15) is 12.6 Å². The van der Waals surface area contributed by atoms with Gasteiger partial charge in [-0.2, -0.15) is 0 Å². The summed E-state index contributed by atoms with van der Waals surface area (Å²) < 4.78 is 13.1. The van der Waals surface area contributed by atoms with Gasteiger partial charge in [-0.3, -0.25) is 4.79 Å². The van der Waals surface area contributed by atoms with E-state index in [1.165, 1.54) is 10.6 Å². The smallest absolute Gasteiger partial charge is 0.275 e. The van der Waals surface area contributed by atoms with Gasteiger partial charge < -0.3 is 24.3 Å². The molecule has 0 saturated carbocycles. The summed E-state index contributed by atoms with van der Waals surface area (Å²) in [5.41, 5.74) is 1.31. The molecule has 140 valence electrons. The Morgan fingerprint density at radius 1 is 1.27 bits per heavy atom. The van der Waals surface area contributed by atoms with Gasteiger partial charge in [0.25, 0.3) is 5.91 Å². The molecule has 1 saturated heterocycles. The molecule has 6 nitrogen and oxygen atoms in total. The minimum atomic E-state index is 0.0738. The van der Waals surface area contributed by atoms with Crippen LogP contribution in [0.2, 0.25) is 0 Å². The molecular weight excluding hydrogens is 330 g/mol. The second-order valence-corrected chi connectivity index (χ2v) is 6.67. The largest absolute Gasteiger partial charge is 0.493 e. The van der Waals surface area contributed by atoms with E-state index in [1.54, 1.807) is 7.11 Å². The molecule has 0 aliphatic carbocycles. The first-order valence-electron chi connectivity index (χ1n) is 9.17. The van der Waals surface area contributed by atoms with E-state index < -0.39 is 0 Å². The fourth-order valence-electron chi connectivity index (χ4n) is 3.67. The molecule has 0 spiro atoms. The summed E-state index contributed by atoms with van der Waals surface area (Å²) >= 11 is 0. The zero-order valence-electron chi connectivity index (χ0n) is 15.5. The Hall–Kier alpha value is -2.47. The van der Waals surface area contributed by atoms with Crippen LogP contribution >= 0.6 is 0 Å². The van der Waals surface area contributed by atoms with Crippen LogP contribution in [0, 0.1) is 0 Å². The number of aromatic nitrogens is 1. The summed E-state index contributed by atoms with van der Waals surface area (Å²) in [7, 11) is 3.69. The molecule has 26 heavy (non-hydrogen) atoms. The van der Waals surface area contributed by atoms with Crippen molar-refractivity contribution in [2.24, 2.45) is 7.05 Å². The highest BCUT2D eigenvalue weighted by molar-refractivity contribution is 5.76. The Labute approximate surface area is 154 Å². The number of aryl methyl sites for hydroxylation is 1. The lowest BCUT2D eigenvalue weighted by Gasteiger charge is -2.21. The predicted molar refractivity (Wildman–Crippen MR) is 99.6 cm³/mol. The minimum Gasteiger partial charge on any atom is -0.493 e. The molecule has 2 heterocycles. The lowest BCUT2D eigenvalue weighted by molar-refractivity contribution is -0.911. The monoisotopic (exact) mass is 358 g/mol. The van der Waals surface area contributed by atoms with Crippen molar-refractivity contribution in [3.63, 3.8) is 0 Å². The molecule has 0 bridgehead atoms. The average molecular weight is 358 g/mol. The quantitative estimate of drug-likeness (QED) is 0.691. The highest BCUT2D eigenvalue weighted by Gasteiger charge is 2.32. The number of methoxy groups -OCH3 is 1. The van der Waals surface area contributed by atoms with Crippen LogP contribution in [-0.2, 0) is 11.8 Å². The maximum atomic E-state index is 12.3. The predicted octanol–water partition coefficient (Wildman–Crippen LogP) is 0.949. The molecule has 3 rings (SSSR count). The molecule has 1 unspecified atom stereocenters. The average Bonchev–Trinajstić information content (AvgIpc) is 3.27. The number of hydrogen-bond acceptors (Lipinski definition) is 3. The van der Waals surface area contributed by atoms with E-state index in [4.69, 9.17) is 9.47 Å². The molecule has 6 heteroatoms. The van der Waals surface area contributed by atoms with Crippen molar-refractivity contribution >= 4 is 5.91 Å². The number of benzene rings is 1. The Morgan fingerprint density at radius 3 is 2.81 bits per heavy atom. The van der Waals surface area contributed by atoms with Crippen LogP contribution < -0.4 is 19.7 Å². The number of amides is 1. The van der Waals surface area contributed by atoms with Gasteiger partial charge >= 0.3 is 0 Å². The third-order valence-electron chi connectivity index (χ3n) is 4.96. The summed E-state index contributed by atoms with van der Waals surface area (Å²) in [5.74, 6) is 1.47. The number of nitrogens with one attached hydrogen (secondary N) is 2. The first kappa shape index (κ1) is 18.3. The number of carbonyl (C=O) groups is 1. The lowest BCUT2D eigenvalue weighted by atomic mass is 10.1. The number of ether oxygens (including phenoxy) is 2. The fourth-order valence-corrected chi connectivity index (χ4v) is 3.67. The van der Waals surface area contributed by atoms with Crippen molar-refractivity contribution < 1.29 is 19.2 Å². The number of rotatable bonds is 8. The lowest BCUT2D eigenvalue weighted by Crippen LogP contribution is -3.11. The van der Waals surface area contributed by atoms with Crippen molar-refractivity contribution in [2.75, 3.05) is 33.4 Å².